The van der Waals surface area contributed by atoms with Crippen LogP contribution in [0.3, 0.4) is 0 Å². The van der Waals surface area contributed by atoms with Crippen molar-refractivity contribution < 1.29 is 29.0 Å². The molecule has 0 saturated carbocycles. The molecule has 0 atom stereocenters. The van der Waals surface area contributed by atoms with Crippen LogP contribution in [-0.4, -0.2) is 79.8 Å². The molecule has 1 aliphatic rings. The summed E-state index contributed by atoms with van der Waals surface area (Å²) < 4.78 is 12.4. The Bertz CT molecular complexity index is 1200. The smallest absolute Gasteiger partial charge is 0.401 e. The number of aryl methyl sites for hydroxylation is 1. The summed E-state index contributed by atoms with van der Waals surface area (Å²) in [7, 11) is 5.17. The lowest BCUT2D eigenvalue weighted by Gasteiger charge is -2.27. The van der Waals surface area contributed by atoms with Gasteiger partial charge in [-0.05, 0) is 11.6 Å². The molecule has 3 aromatic rings. The number of nitrogens with zero attached hydrogens (tertiary/aromatic N) is 5. The largest absolute Gasteiger partial charge is 0.473 e. The molecule has 2 N–H and O–H groups in total. The van der Waals surface area contributed by atoms with Crippen LogP contribution in [0.4, 0.5) is 11.6 Å². The Balaban J connectivity index is 2.06. The molecule has 0 radical (unpaired) electrons. The van der Waals surface area contributed by atoms with E-state index in [1.807, 2.05) is 36.2 Å². The standard InChI is InChI=1S/C24H29N5O5/c1-27(7-10-30)18-14-19(23(31)32)28(2)22-20(17-6-4-5-16(13-17)15-33-3)25-24(26-21(18)22)29-8-11-34-12-9-29/h4-6,13-14,30H,7-12,15H2,1-3H3/p+1. The average Bonchev–Trinajstić information content (AvgIpc) is 2.84. The number of hydrogen-bond acceptors (Lipinski definition) is 8. The SMILES string of the molecule is COCc1cccc(-c2nc(N3CCOCC3)nc3c(N(C)CCO)cc(C(=O)O)[n+](C)c23)c1. The van der Waals surface area contributed by atoms with E-state index in [9.17, 15) is 15.0 Å². The molecule has 0 aliphatic carbocycles. The lowest BCUT2D eigenvalue weighted by Crippen LogP contribution is -2.40. The van der Waals surface area contributed by atoms with Gasteiger partial charge in [-0.2, -0.15) is 4.57 Å². The minimum absolute atomic E-state index is 0.0747. The molecule has 3 heterocycles. The van der Waals surface area contributed by atoms with E-state index < -0.39 is 5.97 Å². The second-order valence-corrected chi connectivity index (χ2v) is 8.23. The van der Waals surface area contributed by atoms with Gasteiger partial charge in [-0.25, -0.2) is 14.8 Å². The monoisotopic (exact) mass is 468 g/mol. The van der Waals surface area contributed by atoms with Gasteiger partial charge in [0, 0.05) is 45.4 Å². The molecule has 180 valence electrons. The summed E-state index contributed by atoms with van der Waals surface area (Å²) in [6.07, 6.45) is 0. The molecule has 4 rings (SSSR count). The van der Waals surface area contributed by atoms with Crippen molar-refractivity contribution in [3.8, 4) is 11.3 Å². The quantitative estimate of drug-likeness (QED) is 0.472. The topological polar surface area (TPSA) is 112 Å². The van der Waals surface area contributed by atoms with Gasteiger partial charge in [0.05, 0.1) is 32.1 Å². The molecule has 1 aliphatic heterocycles. The van der Waals surface area contributed by atoms with Crippen molar-refractivity contribution in [2.45, 2.75) is 6.61 Å². The number of aliphatic hydroxyl groups is 1. The number of aromatic nitrogens is 3. The average molecular weight is 469 g/mol. The van der Waals surface area contributed by atoms with Crippen LogP contribution in [0.15, 0.2) is 30.3 Å². The van der Waals surface area contributed by atoms with Gasteiger partial charge in [-0.3, -0.25) is 0 Å². The van der Waals surface area contributed by atoms with E-state index in [1.165, 1.54) is 0 Å². The fourth-order valence-corrected chi connectivity index (χ4v) is 4.20. The van der Waals surface area contributed by atoms with Crippen molar-refractivity contribution in [3.05, 3.63) is 41.6 Å². The van der Waals surface area contributed by atoms with E-state index in [4.69, 9.17) is 19.4 Å². The first kappa shape index (κ1) is 23.8. The van der Waals surface area contributed by atoms with Gasteiger partial charge in [0.15, 0.2) is 5.52 Å². The van der Waals surface area contributed by atoms with Crippen LogP contribution < -0.4 is 14.4 Å². The van der Waals surface area contributed by atoms with E-state index in [1.54, 1.807) is 24.8 Å². The Morgan fingerprint density at radius 2 is 2.03 bits per heavy atom. The third kappa shape index (κ3) is 4.65. The fourth-order valence-electron chi connectivity index (χ4n) is 4.20. The number of methoxy groups -OCH3 is 1. The maximum absolute atomic E-state index is 12.1. The number of pyridine rings is 1. The highest BCUT2D eigenvalue weighted by Gasteiger charge is 2.30. The number of carboxylic acids is 1. The summed E-state index contributed by atoms with van der Waals surface area (Å²) in [5.74, 6) is -0.496. The first-order valence-corrected chi connectivity index (χ1v) is 11.2. The number of morpholine rings is 1. The number of aliphatic hydroxyl groups excluding tert-OH is 1. The van der Waals surface area contributed by atoms with Gasteiger partial charge < -0.3 is 29.5 Å². The molecule has 0 unspecified atom stereocenters. The molecule has 10 nitrogen and oxygen atoms in total. The molecule has 1 aromatic carbocycles. The van der Waals surface area contributed by atoms with Crippen molar-refractivity contribution in [2.75, 3.05) is 63.4 Å². The van der Waals surface area contributed by atoms with Gasteiger partial charge in [0.25, 0.3) is 11.2 Å². The number of likely N-dealkylation sites (N-methyl/N-ethyl adjacent to an activating group) is 1. The summed E-state index contributed by atoms with van der Waals surface area (Å²) in [6.45, 7) is 3.20. The highest BCUT2D eigenvalue weighted by atomic mass is 16.5. The summed E-state index contributed by atoms with van der Waals surface area (Å²) in [5.41, 5.74) is 4.39. The maximum atomic E-state index is 12.1. The number of hydrogen-bond donors (Lipinski definition) is 2. The zero-order chi connectivity index (χ0) is 24.2. The second-order valence-electron chi connectivity index (χ2n) is 8.23. The zero-order valence-corrected chi connectivity index (χ0v) is 19.7. The molecular weight excluding hydrogens is 438 g/mol. The van der Waals surface area contributed by atoms with Crippen molar-refractivity contribution in [3.63, 3.8) is 0 Å². The fraction of sp³-hybridized carbons (Fsp3) is 0.417. The lowest BCUT2D eigenvalue weighted by molar-refractivity contribution is -0.647. The van der Waals surface area contributed by atoms with Gasteiger partial charge in [0.1, 0.15) is 12.7 Å². The molecule has 34 heavy (non-hydrogen) atoms. The highest BCUT2D eigenvalue weighted by Crippen LogP contribution is 2.32. The maximum Gasteiger partial charge on any atom is 0.401 e. The lowest BCUT2D eigenvalue weighted by atomic mass is 10.1. The van der Waals surface area contributed by atoms with Crippen molar-refractivity contribution in [1.29, 1.82) is 0 Å². The Morgan fingerprint density at radius 3 is 2.71 bits per heavy atom. The third-order valence-corrected chi connectivity index (χ3v) is 5.96. The first-order valence-electron chi connectivity index (χ1n) is 11.2. The minimum Gasteiger partial charge on any atom is -0.473 e. The summed E-state index contributed by atoms with van der Waals surface area (Å²) in [6, 6.07) is 9.46. The van der Waals surface area contributed by atoms with Crippen LogP contribution in [0.1, 0.15) is 16.1 Å². The van der Waals surface area contributed by atoms with Crippen LogP contribution in [0.25, 0.3) is 22.3 Å². The van der Waals surface area contributed by atoms with E-state index in [0.717, 1.165) is 11.1 Å². The number of ether oxygens (including phenoxy) is 2. The number of anilines is 2. The molecule has 0 spiro atoms. The summed E-state index contributed by atoms with van der Waals surface area (Å²) in [4.78, 5) is 25.9. The van der Waals surface area contributed by atoms with Crippen LogP contribution in [0.2, 0.25) is 0 Å². The Kier molecular flexibility index (Phi) is 7.20. The Labute approximate surface area is 198 Å². The predicted octanol–water partition coefficient (Wildman–Crippen LogP) is 1.23. The van der Waals surface area contributed by atoms with Crippen molar-refractivity contribution >= 4 is 28.6 Å². The van der Waals surface area contributed by atoms with Crippen LogP contribution in [0.5, 0.6) is 0 Å². The van der Waals surface area contributed by atoms with E-state index in [0.29, 0.717) is 67.8 Å². The van der Waals surface area contributed by atoms with E-state index >= 15 is 0 Å². The highest BCUT2D eigenvalue weighted by molar-refractivity contribution is 5.98. The molecule has 0 amide bonds. The number of fused-ring (bicyclic) bond motifs is 1. The van der Waals surface area contributed by atoms with E-state index in [2.05, 4.69) is 4.90 Å². The molecule has 10 heteroatoms. The number of rotatable bonds is 8. The van der Waals surface area contributed by atoms with Gasteiger partial charge in [-0.15, -0.1) is 0 Å². The summed E-state index contributed by atoms with van der Waals surface area (Å²) >= 11 is 0. The van der Waals surface area contributed by atoms with Gasteiger partial charge in [0.2, 0.25) is 5.95 Å². The number of carboxylic acid groups (broad SMARTS) is 1. The molecule has 1 saturated heterocycles. The molecule has 1 fully saturated rings. The van der Waals surface area contributed by atoms with Crippen molar-refractivity contribution in [2.24, 2.45) is 7.05 Å². The predicted molar refractivity (Wildman–Crippen MR) is 127 cm³/mol. The molecular formula is C24H30N5O5+. The molecule has 2 aromatic heterocycles. The minimum atomic E-state index is -1.06. The second kappa shape index (κ2) is 10.3. The third-order valence-electron chi connectivity index (χ3n) is 5.96. The molecule has 0 bridgehead atoms. The van der Waals surface area contributed by atoms with Crippen molar-refractivity contribution in [1.82, 2.24) is 9.97 Å². The van der Waals surface area contributed by atoms with Crippen LogP contribution in [0, 0.1) is 0 Å². The van der Waals surface area contributed by atoms with Gasteiger partial charge >= 0.3 is 5.97 Å². The summed E-state index contributed by atoms with van der Waals surface area (Å²) in [5, 5.41) is 19.5. The van der Waals surface area contributed by atoms with E-state index in [-0.39, 0.29) is 12.3 Å². The number of aromatic carboxylic acids is 1. The normalized spacial score (nSPS) is 13.9. The Hall–Kier alpha value is -3.34. The van der Waals surface area contributed by atoms with Gasteiger partial charge in [-0.1, -0.05) is 18.2 Å². The number of benzene rings is 1. The Morgan fingerprint density at radius 1 is 1.26 bits per heavy atom. The number of carbonyl (C=O) groups is 1. The zero-order valence-electron chi connectivity index (χ0n) is 19.7. The first-order chi connectivity index (χ1) is 16.4. The van der Waals surface area contributed by atoms with Crippen LogP contribution in [-0.2, 0) is 23.1 Å². The van der Waals surface area contributed by atoms with Crippen LogP contribution >= 0.6 is 0 Å².